The Labute approximate surface area is 137 Å². The summed E-state index contributed by atoms with van der Waals surface area (Å²) in [4.78, 5) is 3.75. The lowest BCUT2D eigenvalue weighted by Crippen LogP contribution is -2.15. The SMILES string of the molecule is COc1cc(F)ccc1-c1ccc(C(F)(F)c2ccncc2)cc1. The van der Waals surface area contributed by atoms with E-state index in [2.05, 4.69) is 4.98 Å². The van der Waals surface area contributed by atoms with Crippen LogP contribution in [-0.2, 0) is 5.92 Å². The first-order valence-corrected chi connectivity index (χ1v) is 7.25. The summed E-state index contributed by atoms with van der Waals surface area (Å²) in [7, 11) is 1.43. The summed E-state index contributed by atoms with van der Waals surface area (Å²) in [6, 6.07) is 12.6. The average molecular weight is 329 g/mol. The molecule has 0 radical (unpaired) electrons. The Kier molecular flexibility index (Phi) is 4.25. The van der Waals surface area contributed by atoms with Crippen molar-refractivity contribution in [2.45, 2.75) is 5.92 Å². The Morgan fingerprint density at radius 2 is 1.50 bits per heavy atom. The van der Waals surface area contributed by atoms with Crippen molar-refractivity contribution in [1.82, 2.24) is 4.98 Å². The van der Waals surface area contributed by atoms with Gasteiger partial charge in [0.1, 0.15) is 11.6 Å². The molecule has 5 heteroatoms. The maximum atomic E-state index is 14.5. The monoisotopic (exact) mass is 329 g/mol. The molecule has 0 N–H and O–H groups in total. The van der Waals surface area contributed by atoms with Gasteiger partial charge in [0.25, 0.3) is 5.92 Å². The van der Waals surface area contributed by atoms with Crippen LogP contribution < -0.4 is 4.74 Å². The Balaban J connectivity index is 1.97. The van der Waals surface area contributed by atoms with E-state index in [1.165, 1.54) is 55.9 Å². The van der Waals surface area contributed by atoms with Crippen LogP contribution in [-0.4, -0.2) is 12.1 Å². The molecule has 2 aromatic carbocycles. The first kappa shape index (κ1) is 16.1. The molecule has 1 aromatic heterocycles. The molecule has 24 heavy (non-hydrogen) atoms. The highest BCUT2D eigenvalue weighted by Crippen LogP contribution is 2.37. The number of hydrogen-bond donors (Lipinski definition) is 0. The topological polar surface area (TPSA) is 22.1 Å². The van der Waals surface area contributed by atoms with Crippen molar-refractivity contribution in [3.8, 4) is 16.9 Å². The second kappa shape index (κ2) is 6.35. The highest BCUT2D eigenvalue weighted by Gasteiger charge is 2.33. The molecule has 0 unspecified atom stereocenters. The van der Waals surface area contributed by atoms with Crippen LogP contribution in [0.5, 0.6) is 5.75 Å². The molecule has 0 saturated heterocycles. The zero-order valence-electron chi connectivity index (χ0n) is 12.8. The third-order valence-electron chi connectivity index (χ3n) is 3.76. The smallest absolute Gasteiger partial charge is 0.298 e. The molecule has 0 amide bonds. The minimum absolute atomic E-state index is 0.121. The lowest BCUT2D eigenvalue weighted by Gasteiger charge is -2.17. The third kappa shape index (κ3) is 2.97. The van der Waals surface area contributed by atoms with Crippen LogP contribution in [0.1, 0.15) is 11.1 Å². The number of alkyl halides is 2. The van der Waals surface area contributed by atoms with Crippen molar-refractivity contribution in [3.63, 3.8) is 0 Å². The van der Waals surface area contributed by atoms with Crippen molar-refractivity contribution >= 4 is 0 Å². The van der Waals surface area contributed by atoms with Gasteiger partial charge in [0, 0.05) is 35.2 Å². The summed E-state index contributed by atoms with van der Waals surface area (Å²) >= 11 is 0. The molecule has 2 nitrogen and oxygen atoms in total. The van der Waals surface area contributed by atoms with E-state index < -0.39 is 11.7 Å². The van der Waals surface area contributed by atoms with Crippen LogP contribution in [0.4, 0.5) is 13.2 Å². The van der Waals surface area contributed by atoms with Gasteiger partial charge in [-0.3, -0.25) is 4.98 Å². The van der Waals surface area contributed by atoms with Crippen LogP contribution in [0, 0.1) is 5.82 Å². The third-order valence-corrected chi connectivity index (χ3v) is 3.76. The van der Waals surface area contributed by atoms with Gasteiger partial charge in [-0.25, -0.2) is 4.39 Å². The van der Waals surface area contributed by atoms with Crippen molar-refractivity contribution in [3.05, 3.63) is 83.9 Å². The molecule has 1 heterocycles. The summed E-state index contributed by atoms with van der Waals surface area (Å²) in [6.45, 7) is 0. The van der Waals surface area contributed by atoms with Crippen molar-refractivity contribution < 1.29 is 17.9 Å². The van der Waals surface area contributed by atoms with E-state index in [1.807, 2.05) is 0 Å². The van der Waals surface area contributed by atoms with E-state index in [4.69, 9.17) is 4.74 Å². The van der Waals surface area contributed by atoms with Gasteiger partial charge in [-0.1, -0.05) is 24.3 Å². The average Bonchev–Trinajstić information content (AvgIpc) is 2.62. The van der Waals surface area contributed by atoms with Crippen LogP contribution in [0.15, 0.2) is 67.0 Å². The molecule has 0 aliphatic carbocycles. The summed E-state index contributed by atoms with van der Waals surface area (Å²) in [5.41, 5.74) is 1.06. The highest BCUT2D eigenvalue weighted by molar-refractivity contribution is 5.70. The maximum Gasteiger partial charge on any atom is 0.298 e. The van der Waals surface area contributed by atoms with Crippen molar-refractivity contribution in [2.24, 2.45) is 0 Å². The molecule has 0 atom stereocenters. The Morgan fingerprint density at radius 1 is 0.875 bits per heavy atom. The Morgan fingerprint density at radius 3 is 2.12 bits per heavy atom. The fraction of sp³-hybridized carbons (Fsp3) is 0.105. The summed E-state index contributed by atoms with van der Waals surface area (Å²) < 4.78 is 47.5. The summed E-state index contributed by atoms with van der Waals surface area (Å²) in [5, 5.41) is 0. The summed E-state index contributed by atoms with van der Waals surface area (Å²) in [5.74, 6) is -3.19. The fourth-order valence-corrected chi connectivity index (χ4v) is 2.49. The van der Waals surface area contributed by atoms with Crippen molar-refractivity contribution in [2.75, 3.05) is 7.11 Å². The van der Waals surface area contributed by atoms with Crippen LogP contribution >= 0.6 is 0 Å². The first-order chi connectivity index (χ1) is 11.5. The standard InChI is InChI=1S/C19H14F3NO/c1-24-18-12-16(20)6-7-17(18)13-2-4-14(5-3-13)19(21,22)15-8-10-23-11-9-15/h2-12H,1H3. The van der Waals surface area contributed by atoms with Crippen molar-refractivity contribution in [1.29, 1.82) is 0 Å². The normalized spacial score (nSPS) is 11.3. The lowest BCUT2D eigenvalue weighted by molar-refractivity contribution is 0.0427. The lowest BCUT2D eigenvalue weighted by atomic mass is 9.97. The second-order valence-corrected chi connectivity index (χ2v) is 5.23. The van der Waals surface area contributed by atoms with Gasteiger partial charge >= 0.3 is 0 Å². The van der Waals surface area contributed by atoms with Gasteiger partial charge < -0.3 is 4.74 Å². The van der Waals surface area contributed by atoms with Gasteiger partial charge in [-0.15, -0.1) is 0 Å². The Bertz CT molecular complexity index is 833. The van der Waals surface area contributed by atoms with E-state index in [0.29, 0.717) is 16.9 Å². The number of rotatable bonds is 4. The van der Waals surface area contributed by atoms with Gasteiger partial charge in [-0.2, -0.15) is 8.78 Å². The predicted octanol–water partition coefficient (Wildman–Crippen LogP) is 5.04. The number of benzene rings is 2. The first-order valence-electron chi connectivity index (χ1n) is 7.25. The number of pyridine rings is 1. The van der Waals surface area contributed by atoms with Crippen LogP contribution in [0.2, 0.25) is 0 Å². The van der Waals surface area contributed by atoms with E-state index in [-0.39, 0.29) is 11.1 Å². The molecule has 3 rings (SSSR count). The Hall–Kier alpha value is -2.82. The molecule has 0 aliphatic heterocycles. The zero-order valence-corrected chi connectivity index (χ0v) is 12.8. The van der Waals surface area contributed by atoms with Gasteiger partial charge in [0.2, 0.25) is 0 Å². The number of hydrogen-bond acceptors (Lipinski definition) is 2. The minimum Gasteiger partial charge on any atom is -0.496 e. The minimum atomic E-state index is -3.12. The molecule has 3 aromatic rings. The van der Waals surface area contributed by atoms with E-state index in [1.54, 1.807) is 18.2 Å². The molecular weight excluding hydrogens is 315 g/mol. The number of aromatic nitrogens is 1. The maximum absolute atomic E-state index is 14.5. The number of halogens is 3. The quantitative estimate of drug-likeness (QED) is 0.669. The van der Waals surface area contributed by atoms with Crippen LogP contribution in [0.3, 0.4) is 0 Å². The van der Waals surface area contributed by atoms with Gasteiger partial charge in [-0.05, 0) is 29.8 Å². The van der Waals surface area contributed by atoms with E-state index >= 15 is 0 Å². The fourth-order valence-electron chi connectivity index (χ4n) is 2.49. The largest absolute Gasteiger partial charge is 0.496 e. The zero-order chi connectivity index (χ0) is 17.2. The van der Waals surface area contributed by atoms with E-state index in [9.17, 15) is 13.2 Å². The number of nitrogens with zero attached hydrogens (tertiary/aromatic N) is 1. The highest BCUT2D eigenvalue weighted by atomic mass is 19.3. The molecule has 0 bridgehead atoms. The number of methoxy groups -OCH3 is 1. The molecule has 0 fully saturated rings. The van der Waals surface area contributed by atoms with Gasteiger partial charge in [0.05, 0.1) is 7.11 Å². The molecule has 122 valence electrons. The molecule has 0 aliphatic rings. The molecular formula is C19H14F3NO. The number of ether oxygens (including phenoxy) is 1. The van der Waals surface area contributed by atoms with Gasteiger partial charge in [0.15, 0.2) is 0 Å². The summed E-state index contributed by atoms with van der Waals surface area (Å²) in [6.07, 6.45) is 2.67. The molecule has 0 spiro atoms. The molecule has 0 saturated carbocycles. The van der Waals surface area contributed by atoms with E-state index in [0.717, 1.165) is 0 Å². The second-order valence-electron chi connectivity index (χ2n) is 5.23. The van der Waals surface area contributed by atoms with Crippen LogP contribution in [0.25, 0.3) is 11.1 Å². The predicted molar refractivity (Wildman–Crippen MR) is 85.6 cm³/mol.